The molecule has 0 aliphatic heterocycles. The number of hydrogen-bond donors (Lipinski definition) is 1. The number of hydrogen-bond acceptors (Lipinski definition) is 6. The Morgan fingerprint density at radius 1 is 1.03 bits per heavy atom. The predicted octanol–water partition coefficient (Wildman–Crippen LogP) is 4.52. The highest BCUT2D eigenvalue weighted by atomic mass is 35.5. The topological polar surface area (TPSA) is 96.5 Å². The summed E-state index contributed by atoms with van der Waals surface area (Å²) in [6.45, 7) is 0.173. The smallest absolute Gasteiger partial charge is 0.243 e. The van der Waals surface area contributed by atoms with Crippen LogP contribution < -0.4 is 0 Å². The highest BCUT2D eigenvalue weighted by Gasteiger charge is 2.36. The van der Waals surface area contributed by atoms with Crippen LogP contribution in [0.3, 0.4) is 0 Å². The lowest BCUT2D eigenvalue weighted by Gasteiger charge is -2.35. The SMILES string of the molecule is O=S(=O)(c1ccc(Cl)cc1)N(Cc1ccc(-c2ncon2)cc1)[C@H]1CCCCC[C@H]1CO. The van der Waals surface area contributed by atoms with Gasteiger partial charge in [0.1, 0.15) is 0 Å². The Kier molecular flexibility index (Phi) is 7.25. The second-order valence-corrected chi connectivity index (χ2v) is 10.4. The van der Waals surface area contributed by atoms with Crippen LogP contribution in [-0.2, 0) is 16.6 Å². The van der Waals surface area contributed by atoms with Gasteiger partial charge in [-0.3, -0.25) is 0 Å². The molecule has 0 bridgehead atoms. The maximum Gasteiger partial charge on any atom is 0.243 e. The summed E-state index contributed by atoms with van der Waals surface area (Å²) >= 11 is 5.99. The van der Waals surface area contributed by atoms with Gasteiger partial charge < -0.3 is 9.63 Å². The van der Waals surface area contributed by atoms with Crippen LogP contribution in [0.2, 0.25) is 5.02 Å². The Bertz CT molecular complexity index is 1100. The van der Waals surface area contributed by atoms with Gasteiger partial charge in [0.05, 0.1) is 4.90 Å². The van der Waals surface area contributed by atoms with Crippen LogP contribution in [-0.4, -0.2) is 40.6 Å². The summed E-state index contributed by atoms with van der Waals surface area (Å²) in [6, 6.07) is 13.4. The van der Waals surface area contributed by atoms with Crippen LogP contribution in [0.5, 0.6) is 0 Å². The first kappa shape index (κ1) is 22.9. The molecule has 0 unspecified atom stereocenters. The normalized spacial score (nSPS) is 19.7. The first-order chi connectivity index (χ1) is 15.5. The molecule has 2 atom stereocenters. The fourth-order valence-corrected chi connectivity index (χ4v) is 6.15. The fraction of sp³-hybridized carbons (Fsp3) is 0.391. The molecule has 0 saturated heterocycles. The van der Waals surface area contributed by atoms with Crippen molar-refractivity contribution >= 4 is 21.6 Å². The van der Waals surface area contributed by atoms with Gasteiger partial charge in [-0.05, 0) is 48.6 Å². The lowest BCUT2D eigenvalue weighted by molar-refractivity contribution is 0.139. The first-order valence-corrected chi connectivity index (χ1v) is 12.5. The summed E-state index contributed by atoms with van der Waals surface area (Å²) < 4.78 is 33.8. The number of benzene rings is 2. The molecule has 3 aromatic rings. The lowest BCUT2D eigenvalue weighted by Crippen LogP contribution is -2.44. The third-order valence-corrected chi connectivity index (χ3v) is 8.19. The first-order valence-electron chi connectivity index (χ1n) is 10.7. The lowest BCUT2D eigenvalue weighted by atomic mass is 9.95. The quantitative estimate of drug-likeness (QED) is 0.504. The molecule has 4 rings (SSSR count). The van der Waals surface area contributed by atoms with Gasteiger partial charge in [-0.1, -0.05) is 60.3 Å². The Labute approximate surface area is 193 Å². The van der Waals surface area contributed by atoms with Crippen molar-refractivity contribution in [2.45, 2.75) is 49.6 Å². The number of aliphatic hydroxyl groups excluding tert-OH is 1. The van der Waals surface area contributed by atoms with Crippen molar-refractivity contribution in [3.63, 3.8) is 0 Å². The Morgan fingerprint density at radius 2 is 1.75 bits per heavy atom. The van der Waals surface area contributed by atoms with E-state index in [1.165, 1.54) is 18.5 Å². The van der Waals surface area contributed by atoms with Crippen molar-refractivity contribution in [3.8, 4) is 11.4 Å². The summed E-state index contributed by atoms with van der Waals surface area (Å²) in [5.74, 6) is 0.379. The molecule has 1 aliphatic rings. The van der Waals surface area contributed by atoms with E-state index in [1.807, 2.05) is 24.3 Å². The Balaban J connectivity index is 1.69. The van der Waals surface area contributed by atoms with Crippen molar-refractivity contribution in [1.29, 1.82) is 0 Å². The largest absolute Gasteiger partial charge is 0.396 e. The van der Waals surface area contributed by atoms with E-state index in [0.717, 1.165) is 43.2 Å². The maximum atomic E-state index is 13.7. The van der Waals surface area contributed by atoms with Gasteiger partial charge in [0.2, 0.25) is 22.2 Å². The van der Waals surface area contributed by atoms with E-state index in [0.29, 0.717) is 10.8 Å². The summed E-state index contributed by atoms with van der Waals surface area (Å²) in [4.78, 5) is 4.25. The summed E-state index contributed by atoms with van der Waals surface area (Å²) in [5, 5.41) is 14.4. The number of halogens is 1. The molecule has 1 aliphatic carbocycles. The van der Waals surface area contributed by atoms with E-state index >= 15 is 0 Å². The molecule has 170 valence electrons. The molecule has 32 heavy (non-hydrogen) atoms. The Morgan fingerprint density at radius 3 is 2.41 bits per heavy atom. The van der Waals surface area contributed by atoms with Crippen LogP contribution in [0.1, 0.15) is 37.7 Å². The van der Waals surface area contributed by atoms with Gasteiger partial charge in [0, 0.05) is 29.8 Å². The van der Waals surface area contributed by atoms with Crippen LogP contribution in [0.4, 0.5) is 0 Å². The number of sulfonamides is 1. The molecule has 1 N–H and O–H groups in total. The highest BCUT2D eigenvalue weighted by Crippen LogP contribution is 2.33. The summed E-state index contributed by atoms with van der Waals surface area (Å²) in [7, 11) is -3.80. The average molecular weight is 476 g/mol. The van der Waals surface area contributed by atoms with Gasteiger partial charge in [-0.15, -0.1) is 0 Å². The van der Waals surface area contributed by atoms with E-state index in [9.17, 15) is 13.5 Å². The van der Waals surface area contributed by atoms with E-state index < -0.39 is 10.0 Å². The number of nitrogens with zero attached hydrogens (tertiary/aromatic N) is 3. The van der Waals surface area contributed by atoms with E-state index in [-0.39, 0.29) is 30.0 Å². The minimum Gasteiger partial charge on any atom is -0.396 e. The molecule has 2 aromatic carbocycles. The minimum atomic E-state index is -3.80. The highest BCUT2D eigenvalue weighted by molar-refractivity contribution is 7.89. The van der Waals surface area contributed by atoms with Gasteiger partial charge in [-0.25, -0.2) is 8.42 Å². The maximum absolute atomic E-state index is 13.7. The molecular weight excluding hydrogens is 450 g/mol. The number of aromatic nitrogens is 2. The zero-order chi connectivity index (χ0) is 22.6. The van der Waals surface area contributed by atoms with Gasteiger partial charge >= 0.3 is 0 Å². The minimum absolute atomic E-state index is 0.0337. The van der Waals surface area contributed by atoms with Crippen LogP contribution in [0, 0.1) is 5.92 Å². The second kappa shape index (κ2) is 10.1. The molecule has 9 heteroatoms. The monoisotopic (exact) mass is 475 g/mol. The van der Waals surface area contributed by atoms with E-state index in [4.69, 9.17) is 16.1 Å². The van der Waals surface area contributed by atoms with Crippen molar-refractivity contribution in [2.24, 2.45) is 5.92 Å². The molecule has 1 heterocycles. The third-order valence-electron chi connectivity index (χ3n) is 6.06. The molecule has 0 radical (unpaired) electrons. The zero-order valence-electron chi connectivity index (χ0n) is 17.6. The average Bonchev–Trinajstić information content (AvgIpc) is 3.24. The second-order valence-electron chi connectivity index (χ2n) is 8.10. The summed E-state index contributed by atoms with van der Waals surface area (Å²) in [5.41, 5.74) is 1.63. The third kappa shape index (κ3) is 5.04. The van der Waals surface area contributed by atoms with Gasteiger partial charge in [0.25, 0.3) is 0 Å². The van der Waals surface area contributed by atoms with Crippen LogP contribution in [0.25, 0.3) is 11.4 Å². The van der Waals surface area contributed by atoms with Crippen molar-refractivity contribution in [3.05, 3.63) is 65.5 Å². The predicted molar refractivity (Wildman–Crippen MR) is 121 cm³/mol. The fourth-order valence-electron chi connectivity index (χ4n) is 4.32. The van der Waals surface area contributed by atoms with Crippen molar-refractivity contribution in [2.75, 3.05) is 6.61 Å². The summed E-state index contributed by atoms with van der Waals surface area (Å²) in [6.07, 6.45) is 5.77. The standard InChI is InChI=1S/C23H26ClN3O4S/c24-20-10-12-21(13-11-20)32(29,30)27(22-5-3-1-2-4-19(22)15-28)14-17-6-8-18(9-7-17)23-25-16-31-26-23/h6-13,16,19,22,28H,1-5,14-15H2/t19-,22-/m0/s1. The number of rotatable bonds is 7. The molecular formula is C23H26ClN3O4S. The zero-order valence-corrected chi connectivity index (χ0v) is 19.2. The van der Waals surface area contributed by atoms with Crippen LogP contribution >= 0.6 is 11.6 Å². The van der Waals surface area contributed by atoms with E-state index in [1.54, 1.807) is 16.4 Å². The number of aliphatic hydroxyl groups is 1. The van der Waals surface area contributed by atoms with Crippen molar-refractivity contribution in [1.82, 2.24) is 14.4 Å². The Hall–Kier alpha value is -2.26. The van der Waals surface area contributed by atoms with Gasteiger partial charge in [0.15, 0.2) is 0 Å². The molecule has 1 saturated carbocycles. The molecule has 7 nitrogen and oxygen atoms in total. The van der Waals surface area contributed by atoms with Crippen molar-refractivity contribution < 1.29 is 18.0 Å². The van der Waals surface area contributed by atoms with Crippen LogP contribution in [0.15, 0.2) is 64.3 Å². The molecule has 0 amide bonds. The van der Waals surface area contributed by atoms with E-state index in [2.05, 4.69) is 10.1 Å². The van der Waals surface area contributed by atoms with Gasteiger partial charge in [-0.2, -0.15) is 9.29 Å². The molecule has 0 spiro atoms. The molecule has 1 fully saturated rings. The molecule has 1 aromatic heterocycles.